The highest BCUT2D eigenvalue weighted by atomic mass is 35.5. The van der Waals surface area contributed by atoms with Crippen LogP contribution in [0.4, 0.5) is 5.69 Å². The lowest BCUT2D eigenvalue weighted by Gasteiger charge is -2.45. The number of carbonyl (C=O) groups excluding carboxylic acids is 1. The molecule has 1 saturated heterocycles. The molecule has 1 aliphatic carbocycles. The van der Waals surface area contributed by atoms with E-state index in [9.17, 15) is 4.79 Å². The predicted octanol–water partition coefficient (Wildman–Crippen LogP) is 5.86. The average Bonchev–Trinajstić information content (AvgIpc) is 2.76. The summed E-state index contributed by atoms with van der Waals surface area (Å²) in [7, 11) is 0. The Hall–Kier alpha value is -1.84. The first-order chi connectivity index (χ1) is 13.7. The standard InChI is InChI=1S/C24H29ClN2O/c25-19-13-15-20(16-14-19)26-24(28)23-12-6-7-17-27(23)22-11-5-4-10-21(22)18-8-2-1-3-9-18/h1-3,8-9,13-16,21-23H,4-7,10-12,17H2,(H,26,28). The monoisotopic (exact) mass is 396 g/mol. The molecule has 2 aliphatic rings. The van der Waals surface area contributed by atoms with Crippen LogP contribution in [0.15, 0.2) is 54.6 Å². The van der Waals surface area contributed by atoms with Gasteiger partial charge in [-0.15, -0.1) is 0 Å². The van der Waals surface area contributed by atoms with Crippen LogP contribution in [0, 0.1) is 0 Å². The van der Waals surface area contributed by atoms with Gasteiger partial charge in [0.25, 0.3) is 0 Å². The van der Waals surface area contributed by atoms with Crippen LogP contribution in [0.1, 0.15) is 56.4 Å². The Labute approximate surface area is 173 Å². The zero-order chi connectivity index (χ0) is 19.3. The molecule has 0 bridgehead atoms. The van der Waals surface area contributed by atoms with Crippen LogP contribution in [-0.2, 0) is 4.79 Å². The van der Waals surface area contributed by atoms with Crippen LogP contribution in [0.3, 0.4) is 0 Å². The SMILES string of the molecule is O=C(Nc1ccc(Cl)cc1)C1CCCCN1C1CCCCC1c1ccccc1. The first kappa shape index (κ1) is 19.5. The number of nitrogens with zero attached hydrogens (tertiary/aromatic N) is 1. The van der Waals surface area contributed by atoms with Crippen LogP contribution in [0.2, 0.25) is 5.02 Å². The third kappa shape index (κ3) is 4.42. The van der Waals surface area contributed by atoms with Gasteiger partial charge in [-0.2, -0.15) is 0 Å². The minimum absolute atomic E-state index is 0.0428. The molecule has 0 aromatic heterocycles. The van der Waals surface area contributed by atoms with Crippen molar-refractivity contribution < 1.29 is 4.79 Å². The fraction of sp³-hybridized carbons (Fsp3) is 0.458. The Morgan fingerprint density at radius 1 is 0.893 bits per heavy atom. The molecular weight excluding hydrogens is 368 g/mol. The summed E-state index contributed by atoms with van der Waals surface area (Å²) < 4.78 is 0. The Balaban J connectivity index is 1.53. The maximum Gasteiger partial charge on any atom is 0.241 e. The van der Waals surface area contributed by atoms with Crippen molar-refractivity contribution in [3.8, 4) is 0 Å². The second-order valence-corrected chi connectivity index (χ2v) is 8.55. The van der Waals surface area contributed by atoms with Gasteiger partial charge in [0.2, 0.25) is 5.91 Å². The molecule has 4 heteroatoms. The summed E-state index contributed by atoms with van der Waals surface area (Å²) in [6.45, 7) is 1.02. The first-order valence-corrected chi connectivity index (χ1v) is 11.0. The van der Waals surface area contributed by atoms with Gasteiger partial charge in [0.05, 0.1) is 6.04 Å². The molecule has 1 aliphatic heterocycles. The third-order valence-electron chi connectivity index (χ3n) is 6.34. The van der Waals surface area contributed by atoms with E-state index in [2.05, 4.69) is 40.5 Å². The van der Waals surface area contributed by atoms with Gasteiger partial charge >= 0.3 is 0 Å². The van der Waals surface area contributed by atoms with E-state index in [1.807, 2.05) is 24.3 Å². The summed E-state index contributed by atoms with van der Waals surface area (Å²) in [5.74, 6) is 0.651. The lowest BCUT2D eigenvalue weighted by atomic mass is 9.78. The van der Waals surface area contributed by atoms with Crippen molar-refractivity contribution >= 4 is 23.2 Å². The van der Waals surface area contributed by atoms with Gasteiger partial charge in [-0.05, 0) is 68.0 Å². The van der Waals surface area contributed by atoms with Crippen molar-refractivity contribution in [1.82, 2.24) is 4.90 Å². The van der Waals surface area contributed by atoms with E-state index in [4.69, 9.17) is 11.6 Å². The summed E-state index contributed by atoms with van der Waals surface area (Å²) in [5, 5.41) is 3.81. The molecule has 3 atom stereocenters. The van der Waals surface area contributed by atoms with Crippen LogP contribution in [0.25, 0.3) is 0 Å². The van der Waals surface area contributed by atoms with Crippen molar-refractivity contribution in [3.05, 3.63) is 65.2 Å². The number of hydrogen-bond donors (Lipinski definition) is 1. The molecule has 0 spiro atoms. The number of nitrogens with one attached hydrogen (secondary N) is 1. The molecule has 1 amide bonds. The number of hydrogen-bond acceptors (Lipinski definition) is 2. The molecule has 2 aromatic rings. The van der Waals surface area contributed by atoms with E-state index in [1.165, 1.54) is 37.7 Å². The molecule has 4 rings (SSSR count). The molecule has 3 unspecified atom stereocenters. The summed E-state index contributed by atoms with van der Waals surface area (Å²) in [4.78, 5) is 15.7. The van der Waals surface area contributed by atoms with Gasteiger partial charge < -0.3 is 5.32 Å². The number of likely N-dealkylation sites (tertiary alicyclic amines) is 1. The van der Waals surface area contributed by atoms with E-state index >= 15 is 0 Å². The van der Waals surface area contributed by atoms with Crippen LogP contribution >= 0.6 is 11.6 Å². The van der Waals surface area contributed by atoms with Crippen molar-refractivity contribution in [1.29, 1.82) is 0 Å². The van der Waals surface area contributed by atoms with Crippen molar-refractivity contribution in [2.45, 2.75) is 62.9 Å². The smallest absolute Gasteiger partial charge is 0.241 e. The molecular formula is C24H29ClN2O. The molecule has 0 radical (unpaired) electrons. The number of anilines is 1. The number of piperidine rings is 1. The third-order valence-corrected chi connectivity index (χ3v) is 6.59. The maximum absolute atomic E-state index is 13.2. The Morgan fingerprint density at radius 2 is 1.61 bits per heavy atom. The van der Waals surface area contributed by atoms with Crippen LogP contribution < -0.4 is 5.32 Å². The number of rotatable bonds is 4. The molecule has 2 fully saturated rings. The molecule has 148 valence electrons. The van der Waals surface area contributed by atoms with E-state index in [0.717, 1.165) is 25.1 Å². The Kier molecular flexibility index (Phi) is 6.33. The van der Waals surface area contributed by atoms with Gasteiger partial charge in [0.1, 0.15) is 0 Å². The van der Waals surface area contributed by atoms with Crippen LogP contribution in [-0.4, -0.2) is 29.4 Å². The fourth-order valence-electron chi connectivity index (χ4n) is 4.99. The van der Waals surface area contributed by atoms with E-state index in [0.29, 0.717) is 17.0 Å². The first-order valence-electron chi connectivity index (χ1n) is 10.6. The van der Waals surface area contributed by atoms with Crippen molar-refractivity contribution in [2.75, 3.05) is 11.9 Å². The summed E-state index contributed by atoms with van der Waals surface area (Å²) >= 11 is 5.97. The van der Waals surface area contributed by atoms with Gasteiger partial charge in [0.15, 0.2) is 0 Å². The second-order valence-electron chi connectivity index (χ2n) is 8.11. The maximum atomic E-state index is 13.2. The quantitative estimate of drug-likeness (QED) is 0.701. The lowest BCUT2D eigenvalue weighted by molar-refractivity contribution is -0.124. The Bertz CT molecular complexity index is 777. The number of carbonyl (C=O) groups is 1. The highest BCUT2D eigenvalue weighted by Crippen LogP contribution is 2.38. The number of halogens is 1. The van der Waals surface area contributed by atoms with Crippen LogP contribution in [0.5, 0.6) is 0 Å². The molecule has 1 saturated carbocycles. The lowest BCUT2D eigenvalue weighted by Crippen LogP contribution is -2.54. The van der Waals surface area contributed by atoms with Crippen molar-refractivity contribution in [3.63, 3.8) is 0 Å². The van der Waals surface area contributed by atoms with Gasteiger partial charge in [-0.1, -0.05) is 61.2 Å². The van der Waals surface area contributed by atoms with Gasteiger partial charge in [-0.3, -0.25) is 9.69 Å². The summed E-state index contributed by atoms with van der Waals surface area (Å²) in [6, 6.07) is 18.7. The second kappa shape index (κ2) is 9.11. The highest BCUT2D eigenvalue weighted by molar-refractivity contribution is 6.30. The zero-order valence-electron chi connectivity index (χ0n) is 16.3. The van der Waals surface area contributed by atoms with E-state index in [-0.39, 0.29) is 11.9 Å². The molecule has 2 aromatic carbocycles. The van der Waals surface area contributed by atoms with Gasteiger partial charge in [-0.25, -0.2) is 0 Å². The largest absolute Gasteiger partial charge is 0.325 e. The number of amides is 1. The zero-order valence-corrected chi connectivity index (χ0v) is 17.1. The van der Waals surface area contributed by atoms with Gasteiger partial charge in [0, 0.05) is 16.8 Å². The highest BCUT2D eigenvalue weighted by Gasteiger charge is 2.38. The Morgan fingerprint density at radius 3 is 2.39 bits per heavy atom. The number of benzene rings is 2. The summed E-state index contributed by atoms with van der Waals surface area (Å²) in [5.41, 5.74) is 2.25. The fourth-order valence-corrected chi connectivity index (χ4v) is 5.11. The predicted molar refractivity (Wildman–Crippen MR) is 116 cm³/mol. The molecule has 1 N–H and O–H groups in total. The average molecular weight is 397 g/mol. The van der Waals surface area contributed by atoms with E-state index in [1.54, 1.807) is 0 Å². The molecule has 28 heavy (non-hydrogen) atoms. The van der Waals surface area contributed by atoms with E-state index < -0.39 is 0 Å². The minimum Gasteiger partial charge on any atom is -0.325 e. The molecule has 3 nitrogen and oxygen atoms in total. The normalized spacial score (nSPS) is 26.0. The topological polar surface area (TPSA) is 32.3 Å². The minimum atomic E-state index is -0.0428. The molecule has 1 heterocycles. The summed E-state index contributed by atoms with van der Waals surface area (Å²) in [6.07, 6.45) is 8.20. The van der Waals surface area contributed by atoms with Crippen molar-refractivity contribution in [2.24, 2.45) is 0 Å².